The number of amides is 1. The molecule has 3 rings (SSSR count). The number of hydrogen-bond acceptors (Lipinski definition) is 4. The van der Waals surface area contributed by atoms with Crippen LogP contribution in [-0.2, 0) is 0 Å². The molecule has 21 heavy (non-hydrogen) atoms. The first-order valence-electron chi connectivity index (χ1n) is 7.48. The molecule has 0 aliphatic heterocycles. The molecule has 1 aliphatic rings. The highest BCUT2D eigenvalue weighted by Gasteiger charge is 2.30. The second-order valence-corrected chi connectivity index (χ2v) is 7.01. The summed E-state index contributed by atoms with van der Waals surface area (Å²) in [4.78, 5) is 19.5. The van der Waals surface area contributed by atoms with Crippen LogP contribution < -0.4 is 5.73 Å². The second kappa shape index (κ2) is 5.64. The molecule has 2 unspecified atom stereocenters. The quantitative estimate of drug-likeness (QED) is 0.923. The van der Waals surface area contributed by atoms with Gasteiger partial charge in [-0.1, -0.05) is 19.8 Å². The first-order valence-corrected chi connectivity index (χ1v) is 8.30. The Morgan fingerprint density at radius 3 is 2.90 bits per heavy atom. The molecule has 2 aromatic heterocycles. The Morgan fingerprint density at radius 2 is 2.19 bits per heavy atom. The molecular formula is C16H21N3OS. The number of anilines is 1. The third-order valence-electron chi connectivity index (χ3n) is 4.61. The number of nitrogens with two attached hydrogens (primary N) is 1. The van der Waals surface area contributed by atoms with Crippen LogP contribution in [0.5, 0.6) is 0 Å². The standard InChI is InChI=1S/C16H21N3OS/c1-10-5-3-4-6-12(10)19(2)16(20)15-14(17)11-7-8-18-9-13(11)21-15/h7-10,12H,3-6,17H2,1-2H3. The summed E-state index contributed by atoms with van der Waals surface area (Å²) in [5.41, 5.74) is 6.77. The summed E-state index contributed by atoms with van der Waals surface area (Å²) in [6.45, 7) is 2.24. The van der Waals surface area contributed by atoms with Crippen LogP contribution in [0.25, 0.3) is 10.1 Å². The van der Waals surface area contributed by atoms with E-state index in [0.29, 0.717) is 22.5 Å². The second-order valence-electron chi connectivity index (χ2n) is 5.96. The van der Waals surface area contributed by atoms with Crippen molar-refractivity contribution < 1.29 is 4.79 Å². The first kappa shape index (κ1) is 14.3. The molecule has 2 aromatic rings. The summed E-state index contributed by atoms with van der Waals surface area (Å²) in [5, 5.41) is 0.934. The molecule has 1 amide bonds. The molecule has 1 aliphatic carbocycles. The Kier molecular flexibility index (Phi) is 3.85. The zero-order valence-electron chi connectivity index (χ0n) is 12.5. The van der Waals surface area contributed by atoms with E-state index in [-0.39, 0.29) is 5.91 Å². The van der Waals surface area contributed by atoms with Crippen LogP contribution in [0.4, 0.5) is 5.69 Å². The molecule has 2 heterocycles. The molecule has 1 fully saturated rings. The minimum absolute atomic E-state index is 0.0486. The van der Waals surface area contributed by atoms with Gasteiger partial charge in [-0.3, -0.25) is 9.78 Å². The number of nitrogen functional groups attached to an aromatic ring is 1. The smallest absolute Gasteiger partial charge is 0.266 e. The fourth-order valence-electron chi connectivity index (χ4n) is 3.31. The van der Waals surface area contributed by atoms with Gasteiger partial charge < -0.3 is 10.6 Å². The molecule has 0 radical (unpaired) electrons. The largest absolute Gasteiger partial charge is 0.397 e. The lowest BCUT2D eigenvalue weighted by Crippen LogP contribution is -2.42. The van der Waals surface area contributed by atoms with Crippen molar-refractivity contribution in [3.05, 3.63) is 23.3 Å². The van der Waals surface area contributed by atoms with Crippen LogP contribution in [0.2, 0.25) is 0 Å². The average Bonchev–Trinajstić information content (AvgIpc) is 2.84. The predicted octanol–water partition coefficient (Wildman–Crippen LogP) is 3.53. The Bertz CT molecular complexity index is 667. The Hall–Kier alpha value is -1.62. The molecule has 4 nitrogen and oxygen atoms in total. The molecule has 2 atom stereocenters. The van der Waals surface area contributed by atoms with Crippen LogP contribution in [0.3, 0.4) is 0 Å². The van der Waals surface area contributed by atoms with Gasteiger partial charge in [0.25, 0.3) is 5.91 Å². The number of carbonyl (C=O) groups is 1. The van der Waals surface area contributed by atoms with Crippen LogP contribution in [-0.4, -0.2) is 28.9 Å². The molecule has 0 bridgehead atoms. The van der Waals surface area contributed by atoms with E-state index in [2.05, 4.69) is 11.9 Å². The number of pyridine rings is 1. The highest BCUT2D eigenvalue weighted by molar-refractivity contribution is 7.21. The topological polar surface area (TPSA) is 59.2 Å². The van der Waals surface area contributed by atoms with Crippen molar-refractivity contribution in [1.29, 1.82) is 0 Å². The third-order valence-corrected chi connectivity index (χ3v) is 5.75. The number of aromatic nitrogens is 1. The highest BCUT2D eigenvalue weighted by Crippen LogP contribution is 2.35. The van der Waals surface area contributed by atoms with Gasteiger partial charge in [-0.25, -0.2) is 0 Å². The summed E-state index contributed by atoms with van der Waals surface area (Å²) in [5.74, 6) is 0.609. The van der Waals surface area contributed by atoms with E-state index in [1.165, 1.54) is 30.6 Å². The summed E-state index contributed by atoms with van der Waals surface area (Å²) in [6, 6.07) is 2.20. The van der Waals surface area contributed by atoms with E-state index in [0.717, 1.165) is 16.5 Å². The van der Waals surface area contributed by atoms with Crippen molar-refractivity contribution in [2.45, 2.75) is 38.6 Å². The summed E-state index contributed by atoms with van der Waals surface area (Å²) >= 11 is 1.45. The number of thiophene rings is 1. The van der Waals surface area contributed by atoms with Crippen molar-refractivity contribution in [2.24, 2.45) is 5.92 Å². The van der Waals surface area contributed by atoms with Crippen molar-refractivity contribution in [2.75, 3.05) is 12.8 Å². The van der Waals surface area contributed by atoms with E-state index >= 15 is 0 Å². The number of carbonyl (C=O) groups excluding carboxylic acids is 1. The van der Waals surface area contributed by atoms with E-state index in [1.807, 2.05) is 18.0 Å². The van der Waals surface area contributed by atoms with Crippen LogP contribution in [0.15, 0.2) is 18.5 Å². The van der Waals surface area contributed by atoms with E-state index in [1.54, 1.807) is 12.4 Å². The molecular weight excluding hydrogens is 282 g/mol. The Labute approximate surface area is 129 Å². The average molecular weight is 303 g/mol. The molecule has 5 heteroatoms. The highest BCUT2D eigenvalue weighted by atomic mass is 32.1. The zero-order chi connectivity index (χ0) is 15.0. The summed E-state index contributed by atoms with van der Waals surface area (Å²) in [7, 11) is 1.91. The molecule has 0 saturated heterocycles. The minimum atomic E-state index is 0.0486. The lowest BCUT2D eigenvalue weighted by Gasteiger charge is -2.36. The molecule has 0 spiro atoms. The van der Waals surface area contributed by atoms with E-state index in [4.69, 9.17) is 5.73 Å². The first-order chi connectivity index (χ1) is 10.1. The van der Waals surface area contributed by atoms with Gasteiger partial charge in [-0.05, 0) is 24.8 Å². The number of hydrogen-bond donors (Lipinski definition) is 1. The fraction of sp³-hybridized carbons (Fsp3) is 0.500. The molecule has 0 aromatic carbocycles. The summed E-state index contributed by atoms with van der Waals surface area (Å²) < 4.78 is 0.975. The van der Waals surface area contributed by atoms with Crippen molar-refractivity contribution in [3.8, 4) is 0 Å². The lowest BCUT2D eigenvalue weighted by molar-refractivity contribution is 0.0635. The maximum absolute atomic E-state index is 12.8. The molecule has 1 saturated carbocycles. The zero-order valence-corrected chi connectivity index (χ0v) is 13.3. The SMILES string of the molecule is CC1CCCCC1N(C)C(=O)c1sc2cnccc2c1N. The fourth-order valence-corrected chi connectivity index (χ4v) is 4.39. The maximum Gasteiger partial charge on any atom is 0.266 e. The van der Waals surface area contributed by atoms with Gasteiger partial charge >= 0.3 is 0 Å². The van der Waals surface area contributed by atoms with Crippen molar-refractivity contribution in [3.63, 3.8) is 0 Å². The van der Waals surface area contributed by atoms with Gasteiger partial charge in [-0.2, -0.15) is 0 Å². The Morgan fingerprint density at radius 1 is 1.43 bits per heavy atom. The maximum atomic E-state index is 12.8. The van der Waals surface area contributed by atoms with Gasteiger partial charge in [0, 0.05) is 30.9 Å². The number of nitrogens with zero attached hydrogens (tertiary/aromatic N) is 2. The molecule has 2 N–H and O–H groups in total. The number of rotatable bonds is 2. The van der Waals surface area contributed by atoms with Crippen molar-refractivity contribution in [1.82, 2.24) is 9.88 Å². The molecule has 112 valence electrons. The predicted molar refractivity (Wildman–Crippen MR) is 87.5 cm³/mol. The monoisotopic (exact) mass is 303 g/mol. The van der Waals surface area contributed by atoms with E-state index < -0.39 is 0 Å². The van der Waals surface area contributed by atoms with Gasteiger partial charge in [0.2, 0.25) is 0 Å². The van der Waals surface area contributed by atoms with Crippen LogP contribution in [0, 0.1) is 5.92 Å². The van der Waals surface area contributed by atoms with Crippen molar-refractivity contribution >= 4 is 33.0 Å². The van der Waals surface area contributed by atoms with Gasteiger partial charge in [-0.15, -0.1) is 11.3 Å². The lowest BCUT2D eigenvalue weighted by atomic mass is 9.85. The normalized spacial score (nSPS) is 22.4. The Balaban J connectivity index is 1.91. The van der Waals surface area contributed by atoms with Gasteiger partial charge in [0.15, 0.2) is 0 Å². The summed E-state index contributed by atoms with van der Waals surface area (Å²) in [6.07, 6.45) is 8.27. The van der Waals surface area contributed by atoms with Crippen LogP contribution >= 0.6 is 11.3 Å². The van der Waals surface area contributed by atoms with E-state index in [9.17, 15) is 4.79 Å². The third kappa shape index (κ3) is 2.50. The van der Waals surface area contributed by atoms with Gasteiger partial charge in [0.1, 0.15) is 4.88 Å². The van der Waals surface area contributed by atoms with Crippen LogP contribution in [0.1, 0.15) is 42.3 Å². The van der Waals surface area contributed by atoms with Gasteiger partial charge in [0.05, 0.1) is 10.4 Å². The number of fused-ring (bicyclic) bond motifs is 1. The minimum Gasteiger partial charge on any atom is -0.397 e.